The van der Waals surface area contributed by atoms with Crippen LogP contribution >= 0.6 is 0 Å². The maximum atomic E-state index is 4.45. The van der Waals surface area contributed by atoms with Gasteiger partial charge in [-0.05, 0) is 25.2 Å². The van der Waals surface area contributed by atoms with Gasteiger partial charge in [0.25, 0.3) is 0 Å². The maximum Gasteiger partial charge on any atom is 0.0965 e. The molecule has 0 aromatic rings. The van der Waals surface area contributed by atoms with Gasteiger partial charge in [-0.2, -0.15) is 0 Å². The molecule has 0 amide bonds. The van der Waals surface area contributed by atoms with E-state index in [9.17, 15) is 0 Å². The molecule has 1 heterocycles. The molecule has 2 nitrogen and oxygen atoms in total. The predicted molar refractivity (Wildman–Crippen MR) is 46.9 cm³/mol. The van der Waals surface area contributed by atoms with Crippen LogP contribution in [0.15, 0.2) is 4.99 Å². The lowest BCUT2D eigenvalue weighted by Gasteiger charge is -2.13. The second kappa shape index (κ2) is 2.84. The average Bonchev–Trinajstić information content (AvgIpc) is 2.69. The SMILES string of the molecule is CC1CC1NC1=NCCCC1. The fraction of sp³-hybridized carbons (Fsp3) is 0.889. The van der Waals surface area contributed by atoms with Gasteiger partial charge in [-0.25, -0.2) is 0 Å². The van der Waals surface area contributed by atoms with Gasteiger partial charge < -0.3 is 5.32 Å². The third-order valence-corrected chi connectivity index (χ3v) is 2.59. The van der Waals surface area contributed by atoms with Gasteiger partial charge in [-0.15, -0.1) is 0 Å². The first-order valence-corrected chi connectivity index (χ1v) is 4.66. The van der Waals surface area contributed by atoms with E-state index in [1.807, 2.05) is 0 Å². The number of nitrogens with zero attached hydrogens (tertiary/aromatic N) is 1. The van der Waals surface area contributed by atoms with Crippen molar-refractivity contribution in [2.45, 2.75) is 38.6 Å². The largest absolute Gasteiger partial charge is 0.371 e. The summed E-state index contributed by atoms with van der Waals surface area (Å²) in [6.07, 6.45) is 5.14. The van der Waals surface area contributed by atoms with Crippen LogP contribution in [0.25, 0.3) is 0 Å². The van der Waals surface area contributed by atoms with Gasteiger partial charge in [-0.3, -0.25) is 4.99 Å². The van der Waals surface area contributed by atoms with Crippen molar-refractivity contribution in [2.75, 3.05) is 6.54 Å². The molecule has 2 heteroatoms. The zero-order valence-electron chi connectivity index (χ0n) is 7.14. The lowest BCUT2D eigenvalue weighted by Crippen LogP contribution is -2.28. The van der Waals surface area contributed by atoms with Crippen molar-refractivity contribution in [2.24, 2.45) is 10.9 Å². The van der Waals surface area contributed by atoms with Crippen LogP contribution in [0, 0.1) is 5.92 Å². The summed E-state index contributed by atoms with van der Waals surface area (Å²) in [5.41, 5.74) is 0. The predicted octanol–water partition coefficient (Wildman–Crippen LogP) is 1.57. The van der Waals surface area contributed by atoms with Crippen LogP contribution in [0.4, 0.5) is 0 Å². The molecule has 0 spiro atoms. The Hall–Kier alpha value is -0.530. The molecule has 1 fully saturated rings. The molecule has 62 valence electrons. The zero-order valence-corrected chi connectivity index (χ0v) is 7.14. The molecule has 0 bridgehead atoms. The Morgan fingerprint density at radius 3 is 2.82 bits per heavy atom. The molecule has 2 atom stereocenters. The summed E-state index contributed by atoms with van der Waals surface area (Å²) in [6.45, 7) is 3.34. The normalized spacial score (nSPS) is 36.3. The number of hydrogen-bond acceptors (Lipinski definition) is 2. The molecule has 0 aromatic heterocycles. The molecule has 2 rings (SSSR count). The Labute approximate surface area is 68.1 Å². The van der Waals surface area contributed by atoms with E-state index < -0.39 is 0 Å². The van der Waals surface area contributed by atoms with E-state index in [2.05, 4.69) is 17.2 Å². The van der Waals surface area contributed by atoms with Crippen LogP contribution in [0.2, 0.25) is 0 Å². The number of nitrogens with one attached hydrogen (secondary N) is 1. The number of hydrogen-bond donors (Lipinski definition) is 1. The van der Waals surface area contributed by atoms with Crippen molar-refractivity contribution in [3.05, 3.63) is 0 Å². The van der Waals surface area contributed by atoms with E-state index in [0.29, 0.717) is 0 Å². The highest BCUT2D eigenvalue weighted by molar-refractivity contribution is 5.83. The quantitative estimate of drug-likeness (QED) is 0.606. The van der Waals surface area contributed by atoms with Gasteiger partial charge in [0.1, 0.15) is 0 Å². The van der Waals surface area contributed by atoms with E-state index in [1.54, 1.807) is 0 Å². The molecule has 2 aliphatic rings. The van der Waals surface area contributed by atoms with Crippen LogP contribution in [-0.2, 0) is 0 Å². The fourth-order valence-electron chi connectivity index (χ4n) is 1.55. The van der Waals surface area contributed by atoms with E-state index in [-0.39, 0.29) is 0 Å². The standard InChI is InChI=1S/C9H16N2/c1-7-6-8(7)11-9-4-2-3-5-10-9/h7-8H,2-6H2,1H3,(H,10,11). The fourth-order valence-corrected chi connectivity index (χ4v) is 1.55. The summed E-state index contributed by atoms with van der Waals surface area (Å²) < 4.78 is 0. The summed E-state index contributed by atoms with van der Waals surface area (Å²) in [4.78, 5) is 4.45. The van der Waals surface area contributed by atoms with Gasteiger partial charge in [0, 0.05) is 19.0 Å². The molecule has 11 heavy (non-hydrogen) atoms. The smallest absolute Gasteiger partial charge is 0.0965 e. The lowest BCUT2D eigenvalue weighted by atomic mass is 10.2. The van der Waals surface area contributed by atoms with Crippen molar-refractivity contribution in [3.63, 3.8) is 0 Å². The van der Waals surface area contributed by atoms with Crippen molar-refractivity contribution in [1.82, 2.24) is 5.32 Å². The van der Waals surface area contributed by atoms with E-state index in [4.69, 9.17) is 0 Å². The Morgan fingerprint density at radius 1 is 1.45 bits per heavy atom. The minimum absolute atomic E-state index is 0.756. The average molecular weight is 152 g/mol. The monoisotopic (exact) mass is 152 g/mol. The lowest BCUT2D eigenvalue weighted by molar-refractivity contribution is 0.695. The minimum Gasteiger partial charge on any atom is -0.371 e. The third kappa shape index (κ3) is 1.73. The summed E-state index contributed by atoms with van der Waals surface area (Å²) in [5, 5.41) is 3.49. The van der Waals surface area contributed by atoms with Crippen molar-refractivity contribution < 1.29 is 0 Å². The Balaban J connectivity index is 1.80. The van der Waals surface area contributed by atoms with Crippen LogP contribution in [0.5, 0.6) is 0 Å². The van der Waals surface area contributed by atoms with Crippen molar-refractivity contribution in [1.29, 1.82) is 0 Å². The molecule has 0 radical (unpaired) electrons. The van der Waals surface area contributed by atoms with Gasteiger partial charge in [0.2, 0.25) is 0 Å². The molecule has 0 saturated heterocycles. The summed E-state index contributed by atoms with van der Waals surface area (Å²) >= 11 is 0. The first-order chi connectivity index (χ1) is 5.36. The van der Waals surface area contributed by atoms with Crippen LogP contribution in [0.1, 0.15) is 32.6 Å². The second-order valence-corrected chi connectivity index (χ2v) is 3.75. The van der Waals surface area contributed by atoms with Gasteiger partial charge in [0.15, 0.2) is 0 Å². The van der Waals surface area contributed by atoms with Crippen LogP contribution in [0.3, 0.4) is 0 Å². The van der Waals surface area contributed by atoms with Gasteiger partial charge in [0.05, 0.1) is 5.84 Å². The number of amidine groups is 1. The van der Waals surface area contributed by atoms with Crippen LogP contribution < -0.4 is 5.32 Å². The van der Waals surface area contributed by atoms with Crippen LogP contribution in [-0.4, -0.2) is 18.4 Å². The highest BCUT2D eigenvalue weighted by Crippen LogP contribution is 2.29. The summed E-state index contributed by atoms with van der Waals surface area (Å²) in [7, 11) is 0. The molecule has 1 saturated carbocycles. The molecular formula is C9H16N2. The van der Waals surface area contributed by atoms with Crippen molar-refractivity contribution in [3.8, 4) is 0 Å². The van der Waals surface area contributed by atoms with E-state index in [0.717, 1.165) is 18.5 Å². The molecule has 2 unspecified atom stereocenters. The topological polar surface area (TPSA) is 24.4 Å². The Bertz CT molecular complexity index is 174. The molecule has 1 aliphatic heterocycles. The molecule has 0 aromatic carbocycles. The summed E-state index contributed by atoms with van der Waals surface area (Å²) in [5.74, 6) is 2.16. The Kier molecular flexibility index (Phi) is 1.84. The minimum atomic E-state index is 0.756. The zero-order chi connectivity index (χ0) is 7.68. The maximum absolute atomic E-state index is 4.45. The van der Waals surface area contributed by atoms with Gasteiger partial charge in [-0.1, -0.05) is 6.92 Å². The molecule has 1 aliphatic carbocycles. The molecule has 1 N–H and O–H groups in total. The highest BCUT2D eigenvalue weighted by Gasteiger charge is 2.33. The second-order valence-electron chi connectivity index (χ2n) is 3.75. The Morgan fingerprint density at radius 2 is 2.27 bits per heavy atom. The summed E-state index contributed by atoms with van der Waals surface area (Å²) in [6, 6.07) is 0.756. The molecular weight excluding hydrogens is 136 g/mol. The first-order valence-electron chi connectivity index (χ1n) is 4.66. The number of rotatable bonds is 1. The van der Waals surface area contributed by atoms with E-state index >= 15 is 0 Å². The highest BCUT2D eigenvalue weighted by atomic mass is 15.1. The van der Waals surface area contributed by atoms with Gasteiger partial charge >= 0.3 is 0 Å². The third-order valence-electron chi connectivity index (χ3n) is 2.59. The van der Waals surface area contributed by atoms with Crippen molar-refractivity contribution >= 4 is 5.84 Å². The first kappa shape index (κ1) is 7.14. The van der Waals surface area contributed by atoms with E-state index in [1.165, 1.54) is 31.5 Å². The number of aliphatic imine (C=N–C) groups is 1.